The van der Waals surface area contributed by atoms with Gasteiger partial charge in [0.25, 0.3) is 5.91 Å². The molecule has 4 nitrogen and oxygen atoms in total. The van der Waals surface area contributed by atoms with Gasteiger partial charge in [0.15, 0.2) is 0 Å². The summed E-state index contributed by atoms with van der Waals surface area (Å²) in [6.07, 6.45) is 2.14. The minimum atomic E-state index is -0.565. The third kappa shape index (κ3) is 4.25. The normalized spacial score (nSPS) is 17.5. The summed E-state index contributed by atoms with van der Waals surface area (Å²) < 4.78 is 19.5. The fraction of sp³-hybridized carbons (Fsp3) is 0.533. The molecular formula is C15H19BrFNO3. The van der Waals surface area contributed by atoms with Crippen molar-refractivity contribution < 1.29 is 19.0 Å². The molecule has 0 aliphatic carbocycles. The van der Waals surface area contributed by atoms with Crippen LogP contribution in [-0.4, -0.2) is 36.9 Å². The smallest absolute Gasteiger partial charge is 0.254 e. The summed E-state index contributed by atoms with van der Waals surface area (Å²) in [6, 6.07) is 4.47. The van der Waals surface area contributed by atoms with Gasteiger partial charge in [0.1, 0.15) is 5.82 Å². The SMILES string of the molecule is O=C(NC(CCO)C1CCOCC1)c1cccc(Br)c1F. The molecule has 0 aromatic heterocycles. The largest absolute Gasteiger partial charge is 0.396 e. The molecule has 0 spiro atoms. The van der Waals surface area contributed by atoms with Gasteiger partial charge < -0.3 is 15.2 Å². The summed E-state index contributed by atoms with van der Waals surface area (Å²) in [5, 5.41) is 12.0. The van der Waals surface area contributed by atoms with Crippen LogP contribution in [0.5, 0.6) is 0 Å². The van der Waals surface area contributed by atoms with Gasteiger partial charge in [-0.15, -0.1) is 0 Å². The second-order valence-corrected chi connectivity index (χ2v) is 6.00. The number of amides is 1. The molecular weight excluding hydrogens is 341 g/mol. The predicted molar refractivity (Wildman–Crippen MR) is 80.6 cm³/mol. The van der Waals surface area contributed by atoms with Crippen molar-refractivity contribution in [3.8, 4) is 0 Å². The van der Waals surface area contributed by atoms with Crippen LogP contribution in [0.2, 0.25) is 0 Å². The highest BCUT2D eigenvalue weighted by Gasteiger charge is 2.26. The van der Waals surface area contributed by atoms with E-state index in [4.69, 9.17) is 4.74 Å². The van der Waals surface area contributed by atoms with Gasteiger partial charge in [0.05, 0.1) is 10.0 Å². The summed E-state index contributed by atoms with van der Waals surface area (Å²) in [4.78, 5) is 12.3. The van der Waals surface area contributed by atoms with Gasteiger partial charge in [-0.1, -0.05) is 6.07 Å². The Labute approximate surface area is 131 Å². The van der Waals surface area contributed by atoms with Crippen molar-refractivity contribution >= 4 is 21.8 Å². The van der Waals surface area contributed by atoms with Gasteiger partial charge in [-0.3, -0.25) is 4.79 Å². The number of nitrogens with one attached hydrogen (secondary N) is 1. The van der Waals surface area contributed by atoms with Crippen molar-refractivity contribution in [2.45, 2.75) is 25.3 Å². The molecule has 116 valence electrons. The third-order valence-electron chi connectivity index (χ3n) is 3.79. The van der Waals surface area contributed by atoms with Crippen molar-refractivity contribution in [3.63, 3.8) is 0 Å². The van der Waals surface area contributed by atoms with Crippen LogP contribution >= 0.6 is 15.9 Å². The maximum absolute atomic E-state index is 14.0. The Morgan fingerprint density at radius 1 is 1.48 bits per heavy atom. The van der Waals surface area contributed by atoms with Crippen LogP contribution in [0.15, 0.2) is 22.7 Å². The Morgan fingerprint density at radius 2 is 2.19 bits per heavy atom. The number of rotatable bonds is 5. The maximum Gasteiger partial charge on any atom is 0.254 e. The Bertz CT molecular complexity index is 492. The highest BCUT2D eigenvalue weighted by atomic mass is 79.9. The van der Waals surface area contributed by atoms with E-state index < -0.39 is 11.7 Å². The van der Waals surface area contributed by atoms with Gasteiger partial charge in [-0.2, -0.15) is 0 Å². The Balaban J connectivity index is 2.08. The zero-order valence-electron chi connectivity index (χ0n) is 11.6. The molecule has 1 aliphatic heterocycles. The van der Waals surface area contributed by atoms with E-state index in [0.29, 0.717) is 19.6 Å². The molecule has 0 radical (unpaired) electrons. The Kier molecular flexibility index (Phi) is 6.14. The molecule has 21 heavy (non-hydrogen) atoms. The molecule has 1 amide bonds. The first-order valence-electron chi connectivity index (χ1n) is 7.07. The Hall–Kier alpha value is -0.980. The molecule has 1 aromatic carbocycles. The summed E-state index contributed by atoms with van der Waals surface area (Å²) in [7, 11) is 0. The number of hydrogen-bond donors (Lipinski definition) is 2. The monoisotopic (exact) mass is 359 g/mol. The van der Waals surface area contributed by atoms with Crippen molar-refractivity contribution in [3.05, 3.63) is 34.1 Å². The molecule has 1 aromatic rings. The molecule has 2 rings (SSSR count). The van der Waals surface area contributed by atoms with E-state index in [2.05, 4.69) is 21.2 Å². The highest BCUT2D eigenvalue weighted by Crippen LogP contribution is 2.22. The molecule has 0 saturated carbocycles. The van der Waals surface area contributed by atoms with E-state index in [-0.39, 0.29) is 28.6 Å². The van der Waals surface area contributed by atoms with Crippen molar-refractivity contribution in [1.82, 2.24) is 5.32 Å². The second kappa shape index (κ2) is 7.87. The fourth-order valence-electron chi connectivity index (χ4n) is 2.61. The fourth-order valence-corrected chi connectivity index (χ4v) is 2.97. The molecule has 1 saturated heterocycles. The van der Waals surface area contributed by atoms with Crippen LogP contribution in [0.3, 0.4) is 0 Å². The zero-order chi connectivity index (χ0) is 15.2. The topological polar surface area (TPSA) is 58.6 Å². The van der Waals surface area contributed by atoms with Crippen LogP contribution in [0.1, 0.15) is 29.6 Å². The van der Waals surface area contributed by atoms with Crippen LogP contribution in [0.4, 0.5) is 4.39 Å². The molecule has 6 heteroatoms. The van der Waals surface area contributed by atoms with Crippen molar-refractivity contribution in [2.24, 2.45) is 5.92 Å². The second-order valence-electron chi connectivity index (χ2n) is 5.14. The Morgan fingerprint density at radius 3 is 2.86 bits per heavy atom. The molecule has 1 fully saturated rings. The first-order valence-corrected chi connectivity index (χ1v) is 7.86. The number of ether oxygens (including phenoxy) is 1. The average Bonchev–Trinajstić information content (AvgIpc) is 2.50. The van der Waals surface area contributed by atoms with Gasteiger partial charge in [0, 0.05) is 25.9 Å². The first kappa shape index (κ1) is 16.4. The third-order valence-corrected chi connectivity index (χ3v) is 4.40. The van der Waals surface area contributed by atoms with Crippen LogP contribution in [0, 0.1) is 11.7 Å². The zero-order valence-corrected chi connectivity index (χ0v) is 13.2. The van der Waals surface area contributed by atoms with Gasteiger partial charge in [-0.05, 0) is 53.2 Å². The van der Waals surface area contributed by atoms with E-state index in [9.17, 15) is 14.3 Å². The van der Waals surface area contributed by atoms with E-state index in [0.717, 1.165) is 12.8 Å². The molecule has 2 N–H and O–H groups in total. The van der Waals surface area contributed by atoms with E-state index in [1.807, 2.05) is 0 Å². The summed E-state index contributed by atoms with van der Waals surface area (Å²) in [5.74, 6) is -0.756. The lowest BCUT2D eigenvalue weighted by atomic mass is 9.89. The van der Waals surface area contributed by atoms with E-state index in [1.165, 1.54) is 6.07 Å². The minimum absolute atomic E-state index is 0.0106. The lowest BCUT2D eigenvalue weighted by Crippen LogP contribution is -2.43. The number of aliphatic hydroxyl groups is 1. The molecule has 1 heterocycles. The minimum Gasteiger partial charge on any atom is -0.396 e. The van der Waals surface area contributed by atoms with Gasteiger partial charge in [-0.25, -0.2) is 4.39 Å². The lowest BCUT2D eigenvalue weighted by molar-refractivity contribution is 0.0478. The van der Waals surface area contributed by atoms with Gasteiger partial charge >= 0.3 is 0 Å². The number of halogens is 2. The van der Waals surface area contributed by atoms with Crippen molar-refractivity contribution in [1.29, 1.82) is 0 Å². The average molecular weight is 360 g/mol. The van der Waals surface area contributed by atoms with Gasteiger partial charge in [0.2, 0.25) is 0 Å². The lowest BCUT2D eigenvalue weighted by Gasteiger charge is -2.30. The number of benzene rings is 1. The summed E-state index contributed by atoms with van der Waals surface area (Å²) >= 11 is 3.08. The van der Waals surface area contributed by atoms with E-state index >= 15 is 0 Å². The molecule has 1 atom stereocenters. The number of hydrogen-bond acceptors (Lipinski definition) is 3. The van der Waals surface area contributed by atoms with Crippen LogP contribution < -0.4 is 5.32 Å². The standard InChI is InChI=1S/C15H19BrFNO3/c16-12-3-1-2-11(14(12)17)15(20)18-13(4-7-19)10-5-8-21-9-6-10/h1-3,10,13,19H,4-9H2,(H,18,20). The van der Waals surface area contributed by atoms with E-state index in [1.54, 1.807) is 12.1 Å². The highest BCUT2D eigenvalue weighted by molar-refractivity contribution is 9.10. The quantitative estimate of drug-likeness (QED) is 0.848. The maximum atomic E-state index is 14.0. The van der Waals surface area contributed by atoms with Crippen LogP contribution in [-0.2, 0) is 4.74 Å². The number of carbonyl (C=O) groups is 1. The predicted octanol–water partition coefficient (Wildman–Crippen LogP) is 2.50. The van der Waals surface area contributed by atoms with Crippen LogP contribution in [0.25, 0.3) is 0 Å². The number of carbonyl (C=O) groups excluding carboxylic acids is 1. The molecule has 1 unspecified atom stereocenters. The summed E-state index contributed by atoms with van der Waals surface area (Å²) in [6.45, 7) is 1.31. The van der Waals surface area contributed by atoms with Crippen molar-refractivity contribution in [2.75, 3.05) is 19.8 Å². The number of aliphatic hydroxyl groups excluding tert-OH is 1. The molecule has 0 bridgehead atoms. The first-order chi connectivity index (χ1) is 10.1. The summed E-state index contributed by atoms with van der Waals surface area (Å²) in [5.41, 5.74) is 0.0133. The molecule has 1 aliphatic rings.